The van der Waals surface area contributed by atoms with Gasteiger partial charge in [-0.25, -0.2) is 0 Å². The molecule has 1 aliphatic rings. The van der Waals surface area contributed by atoms with Crippen LogP contribution in [0.1, 0.15) is 49.3 Å². The minimum Gasteiger partial charge on any atom is -0.330 e. The maximum atomic E-state index is 12.9. The molecule has 0 amide bonds. The molecule has 0 aliphatic heterocycles. The first kappa shape index (κ1) is 15.4. The lowest BCUT2D eigenvalue weighted by molar-refractivity contribution is -0.137. The van der Waals surface area contributed by atoms with Crippen molar-refractivity contribution in [2.75, 3.05) is 6.54 Å². The van der Waals surface area contributed by atoms with Crippen LogP contribution >= 0.6 is 0 Å². The Morgan fingerprint density at radius 1 is 1.15 bits per heavy atom. The topological polar surface area (TPSA) is 26.0 Å². The summed E-state index contributed by atoms with van der Waals surface area (Å²) in [6.45, 7) is 4.54. The molecule has 0 atom stereocenters. The Balaban J connectivity index is 2.17. The molecule has 1 aliphatic carbocycles. The smallest absolute Gasteiger partial charge is 0.330 e. The Labute approximate surface area is 118 Å². The number of halogens is 3. The van der Waals surface area contributed by atoms with Gasteiger partial charge in [0.15, 0.2) is 0 Å². The van der Waals surface area contributed by atoms with E-state index in [0.717, 1.165) is 30.4 Å². The quantitative estimate of drug-likeness (QED) is 0.874. The predicted molar refractivity (Wildman–Crippen MR) is 74.5 cm³/mol. The van der Waals surface area contributed by atoms with Crippen molar-refractivity contribution < 1.29 is 13.2 Å². The summed E-state index contributed by atoms with van der Waals surface area (Å²) in [7, 11) is 0. The molecule has 20 heavy (non-hydrogen) atoms. The lowest BCUT2D eigenvalue weighted by atomic mass is 9.72. The van der Waals surface area contributed by atoms with Crippen molar-refractivity contribution in [3.8, 4) is 0 Å². The van der Waals surface area contributed by atoms with Gasteiger partial charge in [0.05, 0.1) is 5.56 Å². The summed E-state index contributed by atoms with van der Waals surface area (Å²) in [5, 5.41) is 0. The summed E-state index contributed by atoms with van der Waals surface area (Å²) in [5.41, 5.74) is 6.64. The van der Waals surface area contributed by atoms with Gasteiger partial charge in [-0.2, -0.15) is 13.2 Å². The number of hydrogen-bond acceptors (Lipinski definition) is 1. The molecule has 112 valence electrons. The molecule has 4 heteroatoms. The molecule has 1 saturated carbocycles. The third-order valence-electron chi connectivity index (χ3n) is 4.20. The zero-order chi connectivity index (χ0) is 14.9. The minimum absolute atomic E-state index is 0.106. The van der Waals surface area contributed by atoms with E-state index in [-0.39, 0.29) is 5.92 Å². The van der Waals surface area contributed by atoms with Gasteiger partial charge < -0.3 is 5.73 Å². The molecule has 0 radical (unpaired) electrons. The number of nitrogens with two attached hydrogens (primary N) is 1. The molecule has 0 saturated heterocycles. The highest BCUT2D eigenvalue weighted by atomic mass is 19.4. The average molecular weight is 285 g/mol. The van der Waals surface area contributed by atoms with Gasteiger partial charge in [-0.15, -0.1) is 0 Å². The highest BCUT2D eigenvalue weighted by Crippen LogP contribution is 2.37. The maximum absolute atomic E-state index is 12.9. The second-order valence-electron chi connectivity index (χ2n) is 6.26. The fraction of sp³-hybridized carbons (Fsp3) is 0.625. The van der Waals surface area contributed by atoms with Crippen LogP contribution in [-0.4, -0.2) is 6.54 Å². The average Bonchev–Trinajstić information content (AvgIpc) is 2.31. The van der Waals surface area contributed by atoms with E-state index in [1.54, 1.807) is 0 Å². The summed E-state index contributed by atoms with van der Waals surface area (Å²) in [6, 6.07) is 4.51. The van der Waals surface area contributed by atoms with Gasteiger partial charge >= 0.3 is 6.18 Å². The van der Waals surface area contributed by atoms with E-state index in [1.165, 1.54) is 12.1 Å². The molecule has 1 aromatic carbocycles. The summed E-state index contributed by atoms with van der Waals surface area (Å²) in [6.07, 6.45) is -1.44. The SMILES string of the molecule is CC(C)c1cc(CC2CC(CN)C2)cc(C(F)(F)F)c1. The van der Waals surface area contributed by atoms with Crippen molar-refractivity contribution in [1.29, 1.82) is 0 Å². The molecule has 0 unspecified atom stereocenters. The van der Waals surface area contributed by atoms with E-state index >= 15 is 0 Å². The predicted octanol–water partition coefficient (Wildman–Crippen LogP) is 4.36. The molecule has 2 N–H and O–H groups in total. The van der Waals surface area contributed by atoms with Crippen LogP contribution in [0.15, 0.2) is 18.2 Å². The van der Waals surface area contributed by atoms with Gasteiger partial charge in [-0.3, -0.25) is 0 Å². The zero-order valence-corrected chi connectivity index (χ0v) is 12.0. The van der Waals surface area contributed by atoms with E-state index in [4.69, 9.17) is 5.73 Å². The van der Waals surface area contributed by atoms with Gasteiger partial charge in [0, 0.05) is 0 Å². The summed E-state index contributed by atoms with van der Waals surface area (Å²) < 4.78 is 38.8. The third kappa shape index (κ3) is 3.54. The van der Waals surface area contributed by atoms with Crippen LogP contribution < -0.4 is 5.73 Å². The monoisotopic (exact) mass is 285 g/mol. The Kier molecular flexibility index (Phi) is 4.43. The molecule has 2 rings (SSSR count). The second-order valence-corrected chi connectivity index (χ2v) is 6.26. The summed E-state index contributed by atoms with van der Waals surface area (Å²) in [5.74, 6) is 1.16. The van der Waals surface area contributed by atoms with Gasteiger partial charge in [-0.1, -0.05) is 19.9 Å². The lowest BCUT2D eigenvalue weighted by Crippen LogP contribution is -2.31. The van der Waals surface area contributed by atoms with Crippen LogP contribution in [-0.2, 0) is 12.6 Å². The van der Waals surface area contributed by atoms with Crippen LogP contribution in [0.4, 0.5) is 13.2 Å². The first-order valence-corrected chi connectivity index (χ1v) is 7.20. The van der Waals surface area contributed by atoms with E-state index in [9.17, 15) is 13.2 Å². The molecule has 1 aromatic rings. The van der Waals surface area contributed by atoms with Crippen molar-refractivity contribution in [2.24, 2.45) is 17.6 Å². The van der Waals surface area contributed by atoms with Crippen molar-refractivity contribution in [3.05, 3.63) is 34.9 Å². The zero-order valence-electron chi connectivity index (χ0n) is 12.0. The Morgan fingerprint density at radius 3 is 2.30 bits per heavy atom. The molecule has 1 nitrogen and oxygen atoms in total. The van der Waals surface area contributed by atoms with Gasteiger partial charge in [0.2, 0.25) is 0 Å². The van der Waals surface area contributed by atoms with E-state index < -0.39 is 11.7 Å². The summed E-state index contributed by atoms with van der Waals surface area (Å²) >= 11 is 0. The highest BCUT2D eigenvalue weighted by molar-refractivity contribution is 5.34. The Morgan fingerprint density at radius 2 is 1.80 bits per heavy atom. The van der Waals surface area contributed by atoms with Crippen molar-refractivity contribution in [3.63, 3.8) is 0 Å². The van der Waals surface area contributed by atoms with Gasteiger partial charge in [-0.05, 0) is 66.8 Å². The largest absolute Gasteiger partial charge is 0.416 e. The van der Waals surface area contributed by atoms with Gasteiger partial charge in [0.25, 0.3) is 0 Å². The second kappa shape index (κ2) is 5.76. The molecule has 1 fully saturated rings. The minimum atomic E-state index is -4.26. The molecular weight excluding hydrogens is 263 g/mol. The first-order chi connectivity index (χ1) is 9.29. The fourth-order valence-corrected chi connectivity index (χ4v) is 2.90. The molecule has 0 bridgehead atoms. The van der Waals surface area contributed by atoms with Crippen LogP contribution in [0.5, 0.6) is 0 Å². The molecule has 0 aromatic heterocycles. The van der Waals surface area contributed by atoms with Crippen LogP contribution in [0.2, 0.25) is 0 Å². The van der Waals surface area contributed by atoms with Crippen molar-refractivity contribution in [2.45, 2.75) is 45.2 Å². The molecule has 0 spiro atoms. The Bertz CT molecular complexity index is 459. The molecular formula is C16H22F3N. The van der Waals surface area contributed by atoms with Crippen molar-refractivity contribution in [1.82, 2.24) is 0 Å². The van der Waals surface area contributed by atoms with E-state index in [2.05, 4.69) is 0 Å². The number of rotatable bonds is 4. The van der Waals surface area contributed by atoms with Crippen LogP contribution in [0.3, 0.4) is 0 Å². The lowest BCUT2D eigenvalue weighted by Gasteiger charge is -2.34. The van der Waals surface area contributed by atoms with E-state index in [1.807, 2.05) is 19.9 Å². The fourth-order valence-electron chi connectivity index (χ4n) is 2.90. The number of benzene rings is 1. The summed E-state index contributed by atoms with van der Waals surface area (Å²) in [4.78, 5) is 0. The maximum Gasteiger partial charge on any atom is 0.416 e. The van der Waals surface area contributed by atoms with E-state index in [0.29, 0.717) is 18.4 Å². The van der Waals surface area contributed by atoms with Crippen LogP contribution in [0, 0.1) is 11.8 Å². The standard InChI is InChI=1S/C16H22F3N/c1-10(2)14-6-12(3-11-4-13(5-11)9-20)7-15(8-14)16(17,18)19/h6-8,10-11,13H,3-5,9,20H2,1-2H3. The van der Waals surface area contributed by atoms with Gasteiger partial charge in [0.1, 0.15) is 0 Å². The molecule has 0 heterocycles. The highest BCUT2D eigenvalue weighted by Gasteiger charge is 2.32. The Hall–Kier alpha value is -1.03. The third-order valence-corrected chi connectivity index (χ3v) is 4.20. The van der Waals surface area contributed by atoms with Crippen molar-refractivity contribution >= 4 is 0 Å². The number of hydrogen-bond donors (Lipinski definition) is 1. The van der Waals surface area contributed by atoms with Crippen LogP contribution in [0.25, 0.3) is 0 Å². The first-order valence-electron chi connectivity index (χ1n) is 7.20. The normalized spacial score (nSPS) is 22.9. The number of alkyl halides is 3.